The molecule has 11 aromatic rings. The maximum Gasteiger partial charge on any atom is 0.495 e. The Morgan fingerprint density at radius 2 is 1.02 bits per heavy atom. The number of nitrogens with zero attached hydrogens (tertiary/aromatic N) is 2. The van der Waals surface area contributed by atoms with E-state index in [-0.39, 0.29) is 0 Å². The first-order chi connectivity index (χ1) is 25.3. The molecular formula is C46H33BN2O3. The lowest BCUT2D eigenvalue weighted by Gasteiger charge is -2.32. The summed E-state index contributed by atoms with van der Waals surface area (Å²) in [5, 5.41) is 11.7. The van der Waals surface area contributed by atoms with Crippen molar-refractivity contribution in [2.45, 2.75) is 38.9 Å². The maximum atomic E-state index is 6.90. The van der Waals surface area contributed by atoms with E-state index in [0.29, 0.717) is 0 Å². The summed E-state index contributed by atoms with van der Waals surface area (Å²) in [6.07, 6.45) is 0. The van der Waals surface area contributed by atoms with Crippen LogP contribution in [0.3, 0.4) is 0 Å². The van der Waals surface area contributed by atoms with E-state index in [1.54, 1.807) is 0 Å². The molecule has 0 unspecified atom stereocenters. The first kappa shape index (κ1) is 28.8. The van der Waals surface area contributed by atoms with E-state index < -0.39 is 18.3 Å². The molecule has 6 heteroatoms. The van der Waals surface area contributed by atoms with Gasteiger partial charge < -0.3 is 22.5 Å². The van der Waals surface area contributed by atoms with Crippen molar-refractivity contribution in [1.82, 2.24) is 8.80 Å². The Kier molecular flexibility index (Phi) is 5.29. The fraction of sp³-hybridized carbons (Fsp3) is 0.130. The summed E-state index contributed by atoms with van der Waals surface area (Å²) in [6, 6.07) is 46.3. The van der Waals surface area contributed by atoms with Gasteiger partial charge in [0.15, 0.2) is 0 Å². The Bertz CT molecular complexity index is 3370. The van der Waals surface area contributed by atoms with Crippen LogP contribution < -0.4 is 5.46 Å². The number of fused-ring (bicyclic) bond motifs is 16. The van der Waals surface area contributed by atoms with E-state index >= 15 is 0 Å². The van der Waals surface area contributed by atoms with Gasteiger partial charge in [-0.15, -0.1) is 0 Å². The molecule has 7 aromatic carbocycles. The van der Waals surface area contributed by atoms with Crippen LogP contribution in [0.4, 0.5) is 0 Å². The molecule has 52 heavy (non-hydrogen) atoms. The van der Waals surface area contributed by atoms with Gasteiger partial charge >= 0.3 is 7.12 Å². The summed E-state index contributed by atoms with van der Waals surface area (Å²) in [5.41, 5.74) is 8.72. The van der Waals surface area contributed by atoms with Crippen molar-refractivity contribution in [3.8, 4) is 0 Å². The molecule has 1 aliphatic rings. The molecule has 1 fully saturated rings. The van der Waals surface area contributed by atoms with Crippen molar-refractivity contribution in [3.63, 3.8) is 0 Å². The average Bonchev–Trinajstić information content (AvgIpc) is 3.86. The SMILES string of the molecule is CC1(C)OB(c2cccc3c2c2cccc4c5c6oc7ccccc7c6ccc5n5c6ccc7ccccc7c6c6cccc(c65)n3c24)OC1(C)C. The smallest absolute Gasteiger partial charge is 0.455 e. The first-order valence-electron chi connectivity index (χ1n) is 18.1. The van der Waals surface area contributed by atoms with Crippen LogP contribution >= 0.6 is 0 Å². The second kappa shape index (κ2) is 9.54. The predicted molar refractivity (Wildman–Crippen MR) is 216 cm³/mol. The number of rotatable bonds is 1. The molecule has 12 rings (SSSR count). The monoisotopic (exact) mass is 672 g/mol. The Morgan fingerprint density at radius 3 is 1.85 bits per heavy atom. The van der Waals surface area contributed by atoms with Gasteiger partial charge in [-0.05, 0) is 80.3 Å². The normalized spacial score (nSPS) is 16.2. The van der Waals surface area contributed by atoms with E-state index in [2.05, 4.69) is 164 Å². The highest BCUT2D eigenvalue weighted by atomic mass is 16.7. The summed E-state index contributed by atoms with van der Waals surface area (Å²) < 4.78 is 25.3. The minimum absolute atomic E-state index is 0.465. The van der Waals surface area contributed by atoms with E-state index in [0.717, 1.165) is 71.0 Å². The van der Waals surface area contributed by atoms with Crippen molar-refractivity contribution >= 4 is 111 Å². The molecule has 0 radical (unpaired) electrons. The second-order valence-corrected chi connectivity index (χ2v) is 15.5. The van der Waals surface area contributed by atoms with Gasteiger partial charge in [-0.1, -0.05) is 91.0 Å². The van der Waals surface area contributed by atoms with Crippen molar-refractivity contribution in [1.29, 1.82) is 0 Å². The van der Waals surface area contributed by atoms with Crippen LogP contribution in [0.5, 0.6) is 0 Å². The van der Waals surface area contributed by atoms with Gasteiger partial charge in [0.05, 0.1) is 49.7 Å². The third-order valence-electron chi connectivity index (χ3n) is 12.3. The van der Waals surface area contributed by atoms with Crippen LogP contribution in [0.15, 0.2) is 132 Å². The molecule has 0 atom stereocenters. The van der Waals surface area contributed by atoms with Gasteiger partial charge in [0, 0.05) is 37.7 Å². The zero-order valence-corrected chi connectivity index (χ0v) is 29.3. The Hall–Kier alpha value is -5.82. The van der Waals surface area contributed by atoms with Gasteiger partial charge in [-0.3, -0.25) is 0 Å². The van der Waals surface area contributed by atoms with Crippen LogP contribution in [-0.2, 0) is 9.31 Å². The summed E-state index contributed by atoms with van der Waals surface area (Å²) in [6.45, 7) is 8.48. The van der Waals surface area contributed by atoms with Crippen molar-refractivity contribution in [3.05, 3.63) is 127 Å². The van der Waals surface area contributed by atoms with Gasteiger partial charge in [0.25, 0.3) is 0 Å². The molecule has 248 valence electrons. The van der Waals surface area contributed by atoms with Crippen LogP contribution in [0, 0.1) is 0 Å². The molecule has 0 amide bonds. The summed E-state index contributed by atoms with van der Waals surface area (Å²) in [5.74, 6) is 0. The highest BCUT2D eigenvalue weighted by molar-refractivity contribution is 6.66. The van der Waals surface area contributed by atoms with Crippen LogP contribution in [0.1, 0.15) is 27.7 Å². The summed E-state index contributed by atoms with van der Waals surface area (Å²) >= 11 is 0. The highest BCUT2D eigenvalue weighted by Gasteiger charge is 2.52. The van der Waals surface area contributed by atoms with Crippen molar-refractivity contribution in [2.24, 2.45) is 0 Å². The molecule has 1 saturated heterocycles. The Balaban J connectivity index is 1.40. The number of benzene rings is 7. The van der Waals surface area contributed by atoms with Gasteiger partial charge in [-0.25, -0.2) is 0 Å². The minimum atomic E-state index is -0.510. The average molecular weight is 673 g/mol. The third kappa shape index (κ3) is 3.42. The molecule has 0 saturated carbocycles. The number of hydrogen-bond donors (Lipinski definition) is 0. The summed E-state index contributed by atoms with van der Waals surface area (Å²) in [7, 11) is -0.510. The number of furan rings is 1. The van der Waals surface area contributed by atoms with Crippen molar-refractivity contribution in [2.75, 3.05) is 0 Å². The molecule has 0 N–H and O–H groups in total. The molecular weight excluding hydrogens is 639 g/mol. The molecule has 1 aliphatic heterocycles. The molecule has 0 bridgehead atoms. The summed E-state index contributed by atoms with van der Waals surface area (Å²) in [4.78, 5) is 0. The molecule has 5 heterocycles. The lowest BCUT2D eigenvalue weighted by molar-refractivity contribution is 0.00578. The predicted octanol–water partition coefficient (Wildman–Crippen LogP) is 11.3. The lowest BCUT2D eigenvalue weighted by atomic mass is 9.76. The number of hydrogen-bond acceptors (Lipinski definition) is 3. The van der Waals surface area contributed by atoms with E-state index in [1.807, 2.05) is 0 Å². The van der Waals surface area contributed by atoms with Crippen LogP contribution in [-0.4, -0.2) is 27.1 Å². The number of para-hydroxylation sites is 3. The van der Waals surface area contributed by atoms with Crippen molar-refractivity contribution < 1.29 is 13.7 Å². The standard InChI is InChI=1S/C46H33BN2O3/c1-45(2)46(3,4)52-47(51-45)33-18-11-19-34-40(33)31-15-9-16-32-41-36(25-23-29-28-14-7-8-21-38(28)50-44(29)41)48-35-24-22-26-12-5-6-13-27(26)39(35)30-17-10-20-37(43(30)48)49(34)42(31)32/h5-25H,1-4H3. The fourth-order valence-corrected chi connectivity index (χ4v) is 9.24. The maximum absolute atomic E-state index is 6.90. The first-order valence-corrected chi connectivity index (χ1v) is 18.1. The number of aromatic nitrogens is 2. The zero-order valence-electron chi connectivity index (χ0n) is 29.3. The molecule has 0 aliphatic carbocycles. The lowest BCUT2D eigenvalue weighted by Crippen LogP contribution is -2.41. The fourth-order valence-electron chi connectivity index (χ4n) is 9.24. The third-order valence-corrected chi connectivity index (χ3v) is 12.3. The van der Waals surface area contributed by atoms with Crippen LogP contribution in [0.2, 0.25) is 0 Å². The van der Waals surface area contributed by atoms with Crippen LogP contribution in [0.25, 0.3) is 98.1 Å². The highest BCUT2D eigenvalue weighted by Crippen LogP contribution is 2.45. The second-order valence-electron chi connectivity index (χ2n) is 15.5. The molecule has 0 spiro atoms. The largest absolute Gasteiger partial charge is 0.495 e. The van der Waals surface area contributed by atoms with E-state index in [4.69, 9.17) is 13.7 Å². The molecule has 4 aromatic heterocycles. The minimum Gasteiger partial charge on any atom is -0.455 e. The Morgan fingerprint density at radius 1 is 0.442 bits per heavy atom. The molecule has 5 nitrogen and oxygen atoms in total. The van der Waals surface area contributed by atoms with Gasteiger partial charge in [-0.2, -0.15) is 0 Å². The van der Waals surface area contributed by atoms with Gasteiger partial charge in [0.2, 0.25) is 0 Å². The quantitative estimate of drug-likeness (QED) is 0.163. The topological polar surface area (TPSA) is 40.4 Å². The van der Waals surface area contributed by atoms with E-state index in [1.165, 1.54) is 32.6 Å². The van der Waals surface area contributed by atoms with E-state index in [9.17, 15) is 0 Å². The zero-order chi connectivity index (χ0) is 34.7. The Labute approximate surface area is 298 Å². The van der Waals surface area contributed by atoms with Gasteiger partial charge in [0.1, 0.15) is 11.2 Å².